The summed E-state index contributed by atoms with van der Waals surface area (Å²) in [5, 5.41) is 18.4. The first-order chi connectivity index (χ1) is 11.7. The molecular formula is C16H25ClN6O2. The summed E-state index contributed by atoms with van der Waals surface area (Å²) in [6.07, 6.45) is 2.62. The number of carbonyl (C=O) groups is 1. The quantitative estimate of drug-likeness (QED) is 0.652. The first-order valence-electron chi connectivity index (χ1n) is 8.17. The van der Waals surface area contributed by atoms with Crippen molar-refractivity contribution in [3.63, 3.8) is 0 Å². The van der Waals surface area contributed by atoms with Gasteiger partial charge in [0.25, 0.3) is 5.91 Å². The molecule has 2 aromatic heterocycles. The predicted molar refractivity (Wildman–Crippen MR) is 97.8 cm³/mol. The van der Waals surface area contributed by atoms with Gasteiger partial charge < -0.3 is 15.4 Å². The minimum atomic E-state index is -0.143. The van der Waals surface area contributed by atoms with Gasteiger partial charge in [0.2, 0.25) is 5.88 Å². The second-order valence-corrected chi connectivity index (χ2v) is 5.22. The number of carbonyl (C=O) groups excluding carboxylic acids is 1. The molecule has 2 heterocycles. The lowest BCUT2D eigenvalue weighted by Gasteiger charge is -2.07. The molecule has 0 fully saturated rings. The number of hydrogen-bond acceptors (Lipinski definition) is 6. The maximum Gasteiger partial charge on any atom is 0.254 e. The molecule has 2 rings (SSSR count). The lowest BCUT2D eigenvalue weighted by molar-refractivity contribution is 0.0953. The molecule has 0 aliphatic rings. The molecule has 0 unspecified atom stereocenters. The third-order valence-corrected chi connectivity index (χ3v) is 3.40. The zero-order valence-corrected chi connectivity index (χ0v) is 15.6. The molecule has 0 aliphatic heterocycles. The number of halogens is 1. The molecule has 8 nitrogen and oxygen atoms in total. The number of hydrogen-bond donors (Lipinski definition) is 2. The summed E-state index contributed by atoms with van der Waals surface area (Å²) in [4.78, 5) is 12.2. The Morgan fingerprint density at radius 3 is 2.64 bits per heavy atom. The van der Waals surface area contributed by atoms with Crippen LogP contribution in [0.15, 0.2) is 18.3 Å². The van der Waals surface area contributed by atoms with Crippen molar-refractivity contribution in [3.05, 3.63) is 29.6 Å². The van der Waals surface area contributed by atoms with Crippen LogP contribution in [0.4, 0.5) is 0 Å². The summed E-state index contributed by atoms with van der Waals surface area (Å²) < 4.78 is 6.86. The van der Waals surface area contributed by atoms with Crippen LogP contribution in [0.3, 0.4) is 0 Å². The fraction of sp³-hybridized carbons (Fsp3) is 0.500. The van der Waals surface area contributed by atoms with E-state index in [-0.39, 0.29) is 18.3 Å². The zero-order valence-electron chi connectivity index (χ0n) is 14.8. The Balaban J connectivity index is 0.00000312. The van der Waals surface area contributed by atoms with Crippen LogP contribution in [0.5, 0.6) is 5.88 Å². The molecule has 0 atom stereocenters. The monoisotopic (exact) mass is 368 g/mol. The minimum Gasteiger partial charge on any atom is -0.477 e. The molecule has 0 bridgehead atoms. The number of rotatable bonds is 9. The number of nitrogens with one attached hydrogen (secondary N) is 2. The lowest BCUT2D eigenvalue weighted by atomic mass is 10.2. The van der Waals surface area contributed by atoms with E-state index in [1.165, 1.54) is 0 Å². The van der Waals surface area contributed by atoms with Crippen LogP contribution in [0.1, 0.15) is 36.3 Å². The molecule has 9 heteroatoms. The Bertz CT molecular complexity index is 659. The highest BCUT2D eigenvalue weighted by Gasteiger charge is 2.15. The van der Waals surface area contributed by atoms with Crippen LogP contribution in [0.2, 0.25) is 0 Å². The minimum absolute atomic E-state index is 0. The summed E-state index contributed by atoms with van der Waals surface area (Å²) >= 11 is 0. The Hall–Kier alpha value is -2.19. The van der Waals surface area contributed by atoms with Gasteiger partial charge in [-0.3, -0.25) is 4.79 Å². The van der Waals surface area contributed by atoms with Gasteiger partial charge in [-0.15, -0.1) is 22.6 Å². The highest BCUT2D eigenvalue weighted by atomic mass is 35.5. The Morgan fingerprint density at radius 2 is 2.00 bits per heavy atom. The van der Waals surface area contributed by atoms with E-state index in [1.807, 2.05) is 13.8 Å². The van der Waals surface area contributed by atoms with Gasteiger partial charge in [0.15, 0.2) is 5.82 Å². The van der Waals surface area contributed by atoms with Crippen LogP contribution < -0.4 is 15.4 Å². The molecule has 0 aromatic carbocycles. The maximum atomic E-state index is 12.2. The smallest absolute Gasteiger partial charge is 0.254 e. The van der Waals surface area contributed by atoms with E-state index in [0.717, 1.165) is 19.5 Å². The Morgan fingerprint density at radius 1 is 1.20 bits per heavy atom. The summed E-state index contributed by atoms with van der Waals surface area (Å²) in [7, 11) is 0. The summed E-state index contributed by atoms with van der Waals surface area (Å²) in [5.41, 5.74) is 1.24. The average Bonchev–Trinajstić information content (AvgIpc) is 2.97. The molecule has 0 aliphatic carbocycles. The van der Waals surface area contributed by atoms with Gasteiger partial charge in [-0.05, 0) is 32.9 Å². The van der Waals surface area contributed by atoms with Crippen molar-refractivity contribution in [3.8, 4) is 11.7 Å². The SMILES string of the molecule is CCCNCCNC(=O)c1cnn(-c2ccc(OCC)nn2)c1C.Cl. The van der Waals surface area contributed by atoms with Crippen LogP contribution in [0, 0.1) is 6.92 Å². The van der Waals surface area contributed by atoms with Crippen molar-refractivity contribution in [2.45, 2.75) is 27.2 Å². The summed E-state index contributed by atoms with van der Waals surface area (Å²) in [5.74, 6) is 0.860. The van der Waals surface area contributed by atoms with Crippen molar-refractivity contribution in [1.82, 2.24) is 30.6 Å². The molecule has 138 valence electrons. The number of amides is 1. The van der Waals surface area contributed by atoms with Crippen LogP contribution in [-0.2, 0) is 0 Å². The van der Waals surface area contributed by atoms with E-state index in [9.17, 15) is 4.79 Å². The molecule has 0 saturated carbocycles. The average molecular weight is 369 g/mol. The van der Waals surface area contributed by atoms with E-state index in [2.05, 4.69) is 32.9 Å². The van der Waals surface area contributed by atoms with E-state index in [1.54, 1.807) is 23.0 Å². The van der Waals surface area contributed by atoms with Crippen molar-refractivity contribution >= 4 is 18.3 Å². The molecule has 1 amide bonds. The topological polar surface area (TPSA) is 94.0 Å². The summed E-state index contributed by atoms with van der Waals surface area (Å²) in [6, 6.07) is 3.49. The van der Waals surface area contributed by atoms with Gasteiger partial charge >= 0.3 is 0 Å². The molecule has 25 heavy (non-hydrogen) atoms. The standard InChI is InChI=1S/C16H24N6O2.ClH/c1-4-8-17-9-10-18-16(23)13-11-19-22(12(13)3)14-6-7-15(21-20-14)24-5-2;/h6-7,11,17H,4-5,8-10H2,1-3H3,(H,18,23);1H. The molecule has 0 radical (unpaired) electrons. The van der Waals surface area contributed by atoms with Crippen molar-refractivity contribution < 1.29 is 9.53 Å². The first kappa shape index (κ1) is 20.9. The summed E-state index contributed by atoms with van der Waals surface area (Å²) in [6.45, 7) is 8.62. The number of ether oxygens (including phenoxy) is 1. The number of nitrogens with zero attached hydrogens (tertiary/aromatic N) is 4. The lowest BCUT2D eigenvalue weighted by Crippen LogP contribution is -2.32. The Labute approximate surface area is 153 Å². The highest BCUT2D eigenvalue weighted by Crippen LogP contribution is 2.13. The van der Waals surface area contributed by atoms with Crippen molar-refractivity contribution in [2.75, 3.05) is 26.2 Å². The van der Waals surface area contributed by atoms with Gasteiger partial charge in [0.05, 0.1) is 24.1 Å². The fourth-order valence-electron chi connectivity index (χ4n) is 2.18. The third-order valence-electron chi connectivity index (χ3n) is 3.40. The third kappa shape index (κ3) is 5.68. The van der Waals surface area contributed by atoms with Gasteiger partial charge in [0, 0.05) is 19.2 Å². The normalized spacial score (nSPS) is 10.2. The van der Waals surface area contributed by atoms with Crippen molar-refractivity contribution in [2.24, 2.45) is 0 Å². The largest absolute Gasteiger partial charge is 0.477 e. The van der Waals surface area contributed by atoms with Crippen molar-refractivity contribution in [1.29, 1.82) is 0 Å². The van der Waals surface area contributed by atoms with Gasteiger partial charge in [0.1, 0.15) is 0 Å². The molecule has 0 spiro atoms. The fourth-order valence-corrected chi connectivity index (χ4v) is 2.18. The highest BCUT2D eigenvalue weighted by molar-refractivity contribution is 5.95. The zero-order chi connectivity index (χ0) is 17.4. The molecule has 2 aromatic rings. The van der Waals surface area contributed by atoms with Crippen LogP contribution >= 0.6 is 12.4 Å². The second kappa shape index (κ2) is 10.6. The van der Waals surface area contributed by atoms with Crippen LogP contribution in [-0.4, -0.2) is 52.1 Å². The maximum absolute atomic E-state index is 12.2. The van der Waals surface area contributed by atoms with Gasteiger partial charge in [-0.2, -0.15) is 5.10 Å². The van der Waals surface area contributed by atoms with Gasteiger partial charge in [-0.1, -0.05) is 6.92 Å². The molecule has 0 saturated heterocycles. The van der Waals surface area contributed by atoms with E-state index < -0.39 is 0 Å². The van der Waals surface area contributed by atoms with E-state index in [0.29, 0.717) is 36.1 Å². The van der Waals surface area contributed by atoms with E-state index >= 15 is 0 Å². The second-order valence-electron chi connectivity index (χ2n) is 5.22. The van der Waals surface area contributed by atoms with Crippen LogP contribution in [0.25, 0.3) is 5.82 Å². The van der Waals surface area contributed by atoms with Gasteiger partial charge in [-0.25, -0.2) is 4.68 Å². The predicted octanol–water partition coefficient (Wildman–Crippen LogP) is 1.52. The Kier molecular flexibility index (Phi) is 8.87. The molecular weight excluding hydrogens is 344 g/mol. The van der Waals surface area contributed by atoms with E-state index in [4.69, 9.17) is 4.74 Å². The number of aromatic nitrogens is 4. The molecule has 2 N–H and O–H groups in total. The first-order valence-corrected chi connectivity index (χ1v) is 8.17.